The fraction of sp³-hybridized carbons (Fsp3) is 0.200. The molecule has 1 aromatic heterocycles. The number of pyridine rings is 1. The highest BCUT2D eigenvalue weighted by molar-refractivity contribution is 5.91. The van der Waals surface area contributed by atoms with Gasteiger partial charge in [-0.1, -0.05) is 30.3 Å². The highest BCUT2D eigenvalue weighted by atomic mass is 127. The monoisotopic (exact) mass is 369 g/mol. The maximum absolute atomic E-state index is 12.0. The molecule has 0 amide bonds. The molecule has 0 atom stereocenters. The first kappa shape index (κ1) is 15.6. The van der Waals surface area contributed by atoms with Crippen LogP contribution in [-0.2, 0) is 11.3 Å². The summed E-state index contributed by atoms with van der Waals surface area (Å²) in [6, 6.07) is 11.5. The van der Waals surface area contributed by atoms with Gasteiger partial charge >= 0.3 is 5.97 Å². The molecule has 100 valence electrons. The van der Waals surface area contributed by atoms with Crippen molar-refractivity contribution in [2.75, 3.05) is 0 Å². The van der Waals surface area contributed by atoms with Gasteiger partial charge in [0.1, 0.15) is 12.2 Å². The molecule has 0 radical (unpaired) electrons. The van der Waals surface area contributed by atoms with E-state index in [9.17, 15) is 4.79 Å². The number of aromatic amines is 1. The van der Waals surface area contributed by atoms with Crippen LogP contribution in [0.3, 0.4) is 0 Å². The molecule has 0 aliphatic heterocycles. The SMILES string of the molecule is Cc1cc[nH+]c(C)c1C(=O)OCc1ccccc1.[I-]. The van der Waals surface area contributed by atoms with Gasteiger partial charge in [-0.05, 0) is 18.1 Å². The van der Waals surface area contributed by atoms with E-state index >= 15 is 0 Å². The zero-order chi connectivity index (χ0) is 13.0. The smallest absolute Gasteiger partial charge is 0.345 e. The minimum absolute atomic E-state index is 0. The summed E-state index contributed by atoms with van der Waals surface area (Å²) in [5.74, 6) is -0.286. The second-order valence-electron chi connectivity index (χ2n) is 4.22. The van der Waals surface area contributed by atoms with Crippen molar-refractivity contribution in [1.29, 1.82) is 0 Å². The third kappa shape index (κ3) is 4.02. The number of ether oxygens (including phenoxy) is 1. The highest BCUT2D eigenvalue weighted by Gasteiger charge is 2.17. The predicted octanol–water partition coefficient (Wildman–Crippen LogP) is -0.521. The number of hydrogen-bond acceptors (Lipinski definition) is 2. The molecule has 0 aliphatic carbocycles. The Bertz CT molecular complexity index is 535. The van der Waals surface area contributed by atoms with Gasteiger partial charge in [0.05, 0.1) is 0 Å². The van der Waals surface area contributed by atoms with E-state index in [4.69, 9.17) is 4.74 Å². The average molecular weight is 369 g/mol. The van der Waals surface area contributed by atoms with Crippen molar-refractivity contribution >= 4 is 5.97 Å². The van der Waals surface area contributed by atoms with Crippen LogP contribution in [0.15, 0.2) is 42.6 Å². The molecule has 2 aromatic rings. The number of aryl methyl sites for hydroxylation is 2. The lowest BCUT2D eigenvalue weighted by molar-refractivity contribution is -0.387. The van der Waals surface area contributed by atoms with Crippen LogP contribution in [0.1, 0.15) is 27.2 Å². The van der Waals surface area contributed by atoms with Gasteiger partial charge in [-0.15, -0.1) is 0 Å². The van der Waals surface area contributed by atoms with Crippen LogP contribution in [-0.4, -0.2) is 5.97 Å². The maximum Gasteiger partial charge on any atom is 0.345 e. The number of H-pyrrole nitrogens is 1. The molecule has 0 bridgehead atoms. The second kappa shape index (κ2) is 7.23. The molecule has 2 rings (SSSR count). The van der Waals surface area contributed by atoms with E-state index in [1.165, 1.54) is 0 Å². The van der Waals surface area contributed by atoms with Crippen LogP contribution in [0.2, 0.25) is 0 Å². The van der Waals surface area contributed by atoms with Crippen molar-refractivity contribution in [2.24, 2.45) is 0 Å². The van der Waals surface area contributed by atoms with E-state index in [2.05, 4.69) is 4.98 Å². The third-order valence-electron chi connectivity index (χ3n) is 2.82. The van der Waals surface area contributed by atoms with Crippen LogP contribution in [0.25, 0.3) is 0 Å². The average Bonchev–Trinajstić information content (AvgIpc) is 2.37. The summed E-state index contributed by atoms with van der Waals surface area (Å²) in [7, 11) is 0. The number of rotatable bonds is 3. The second-order valence-corrected chi connectivity index (χ2v) is 4.22. The first-order chi connectivity index (χ1) is 8.68. The van der Waals surface area contributed by atoms with Gasteiger partial charge in [-0.2, -0.15) is 0 Å². The normalized spacial score (nSPS) is 9.58. The zero-order valence-corrected chi connectivity index (χ0v) is 13.1. The molecule has 0 saturated heterocycles. The largest absolute Gasteiger partial charge is 1.00 e. The summed E-state index contributed by atoms with van der Waals surface area (Å²) in [5.41, 5.74) is 3.35. The molecular formula is C15H16INO2. The van der Waals surface area contributed by atoms with E-state index in [-0.39, 0.29) is 29.9 Å². The molecule has 0 unspecified atom stereocenters. The van der Waals surface area contributed by atoms with Gasteiger partial charge in [0.15, 0.2) is 11.9 Å². The lowest BCUT2D eigenvalue weighted by atomic mass is 10.1. The Hall–Kier alpha value is -1.43. The van der Waals surface area contributed by atoms with E-state index < -0.39 is 0 Å². The molecule has 0 fully saturated rings. The number of esters is 1. The lowest BCUT2D eigenvalue weighted by Crippen LogP contribution is -3.00. The summed E-state index contributed by atoms with van der Waals surface area (Å²) in [5, 5.41) is 0. The minimum atomic E-state index is -0.286. The molecule has 19 heavy (non-hydrogen) atoms. The summed E-state index contributed by atoms with van der Waals surface area (Å²) in [6.45, 7) is 4.07. The van der Waals surface area contributed by atoms with Crippen molar-refractivity contribution in [3.05, 3.63) is 65.0 Å². The van der Waals surface area contributed by atoms with Crippen molar-refractivity contribution in [3.8, 4) is 0 Å². The number of benzene rings is 1. The Morgan fingerprint density at radius 3 is 2.47 bits per heavy atom. The highest BCUT2D eigenvalue weighted by Crippen LogP contribution is 2.11. The fourth-order valence-corrected chi connectivity index (χ4v) is 1.85. The van der Waals surface area contributed by atoms with Gasteiger partial charge in [0, 0.05) is 13.0 Å². The van der Waals surface area contributed by atoms with Gasteiger partial charge in [-0.3, -0.25) is 0 Å². The van der Waals surface area contributed by atoms with Crippen molar-refractivity contribution in [1.82, 2.24) is 0 Å². The molecular weight excluding hydrogens is 353 g/mol. The third-order valence-corrected chi connectivity index (χ3v) is 2.82. The number of aromatic nitrogens is 1. The summed E-state index contributed by atoms with van der Waals surface area (Å²) in [6.07, 6.45) is 1.82. The van der Waals surface area contributed by atoms with Crippen molar-refractivity contribution in [2.45, 2.75) is 20.5 Å². The quantitative estimate of drug-likeness (QED) is 0.540. The van der Waals surface area contributed by atoms with Crippen LogP contribution in [0, 0.1) is 13.8 Å². The Morgan fingerprint density at radius 2 is 1.84 bits per heavy atom. The van der Waals surface area contributed by atoms with E-state index in [0.29, 0.717) is 12.2 Å². The molecule has 1 aromatic carbocycles. The van der Waals surface area contributed by atoms with E-state index in [1.807, 2.05) is 56.4 Å². The molecule has 0 saturated carbocycles. The Labute approximate surface area is 130 Å². The fourth-order valence-electron chi connectivity index (χ4n) is 1.85. The van der Waals surface area contributed by atoms with Crippen LogP contribution in [0.4, 0.5) is 0 Å². The number of carbonyl (C=O) groups is 1. The van der Waals surface area contributed by atoms with Crippen molar-refractivity contribution in [3.63, 3.8) is 0 Å². The molecule has 4 heteroatoms. The zero-order valence-electron chi connectivity index (χ0n) is 10.9. The number of carbonyl (C=O) groups excluding carboxylic acids is 1. The van der Waals surface area contributed by atoms with Gasteiger partial charge in [0.2, 0.25) is 0 Å². The molecule has 3 nitrogen and oxygen atoms in total. The summed E-state index contributed by atoms with van der Waals surface area (Å²) < 4.78 is 5.32. The number of hydrogen-bond donors (Lipinski definition) is 0. The van der Waals surface area contributed by atoms with Crippen LogP contribution < -0.4 is 29.0 Å². The van der Waals surface area contributed by atoms with Gasteiger partial charge in [0.25, 0.3) is 0 Å². The van der Waals surface area contributed by atoms with E-state index in [1.54, 1.807) is 0 Å². The number of nitrogens with one attached hydrogen (secondary N) is 1. The molecule has 0 spiro atoms. The molecule has 1 N–H and O–H groups in total. The lowest BCUT2D eigenvalue weighted by Gasteiger charge is -2.06. The topological polar surface area (TPSA) is 40.4 Å². The Balaban J connectivity index is 0.00000180. The predicted molar refractivity (Wildman–Crippen MR) is 68.0 cm³/mol. The first-order valence-electron chi connectivity index (χ1n) is 5.87. The summed E-state index contributed by atoms with van der Waals surface area (Å²) >= 11 is 0. The minimum Gasteiger partial charge on any atom is -1.00 e. The molecule has 0 aliphatic rings. The van der Waals surface area contributed by atoms with Crippen LogP contribution in [0.5, 0.6) is 0 Å². The Morgan fingerprint density at radius 1 is 1.16 bits per heavy atom. The van der Waals surface area contributed by atoms with Crippen LogP contribution >= 0.6 is 0 Å². The standard InChI is InChI=1S/C15H15NO2.HI/c1-11-8-9-16-12(2)14(11)15(17)18-10-13-6-4-3-5-7-13;/h3-9H,10H2,1-2H3;1H. The Kier molecular flexibility index (Phi) is 5.95. The van der Waals surface area contributed by atoms with Gasteiger partial charge in [-0.25, -0.2) is 9.78 Å². The summed E-state index contributed by atoms with van der Waals surface area (Å²) in [4.78, 5) is 15.0. The first-order valence-corrected chi connectivity index (χ1v) is 5.87. The number of halogens is 1. The maximum atomic E-state index is 12.0. The molecule has 1 heterocycles. The van der Waals surface area contributed by atoms with Gasteiger partial charge < -0.3 is 28.7 Å². The van der Waals surface area contributed by atoms with Crippen molar-refractivity contribution < 1.29 is 38.5 Å². The van der Waals surface area contributed by atoms with E-state index in [0.717, 1.165) is 16.8 Å².